The Kier molecular flexibility index (Phi) is 4.76. The van der Waals surface area contributed by atoms with Crippen molar-refractivity contribution >= 4 is 28.1 Å². The number of para-hydroxylation sites is 2. The summed E-state index contributed by atoms with van der Waals surface area (Å²) in [6, 6.07) is 7.59. The zero-order chi connectivity index (χ0) is 21.7. The van der Waals surface area contributed by atoms with E-state index in [9.17, 15) is 10.2 Å². The number of nitrogens with zero attached hydrogens (tertiary/aromatic N) is 5. The SMILES string of the molecule is O[C@@H]1[C@H](O)[C@H](Cc2nc3ccccc3o2)O[C@H]1n1cnc2c(N[C@@H]3CCOC3)ncnc21. The van der Waals surface area contributed by atoms with E-state index in [2.05, 4.69) is 25.3 Å². The number of ether oxygens (including phenoxy) is 2. The van der Waals surface area contributed by atoms with Gasteiger partial charge in [0.1, 0.15) is 24.1 Å². The van der Waals surface area contributed by atoms with Crippen LogP contribution in [0.15, 0.2) is 41.3 Å². The Bertz CT molecular complexity index is 1220. The van der Waals surface area contributed by atoms with Crippen LogP contribution >= 0.6 is 0 Å². The summed E-state index contributed by atoms with van der Waals surface area (Å²) in [5.41, 5.74) is 2.46. The van der Waals surface area contributed by atoms with Crippen molar-refractivity contribution in [1.29, 1.82) is 0 Å². The summed E-state index contributed by atoms with van der Waals surface area (Å²) in [7, 11) is 0. The third-order valence-electron chi connectivity index (χ3n) is 5.95. The van der Waals surface area contributed by atoms with Crippen molar-refractivity contribution in [3.05, 3.63) is 42.8 Å². The van der Waals surface area contributed by atoms with E-state index in [-0.39, 0.29) is 12.5 Å². The molecule has 1 aromatic carbocycles. The molecule has 3 N–H and O–H groups in total. The third-order valence-corrected chi connectivity index (χ3v) is 5.95. The molecule has 0 radical (unpaired) electrons. The first kappa shape index (κ1) is 19.6. The quantitative estimate of drug-likeness (QED) is 0.414. The number of hydrogen-bond acceptors (Lipinski definition) is 10. The van der Waals surface area contributed by atoms with E-state index in [1.807, 2.05) is 24.3 Å². The minimum atomic E-state index is -1.17. The molecule has 11 heteroatoms. The van der Waals surface area contributed by atoms with Crippen LogP contribution in [0, 0.1) is 0 Å². The van der Waals surface area contributed by atoms with Crippen LogP contribution in [0.2, 0.25) is 0 Å². The maximum Gasteiger partial charge on any atom is 0.198 e. The second-order valence-electron chi connectivity index (χ2n) is 8.08. The zero-order valence-electron chi connectivity index (χ0n) is 17.0. The van der Waals surface area contributed by atoms with Gasteiger partial charge in [0.25, 0.3) is 0 Å². The van der Waals surface area contributed by atoms with Crippen molar-refractivity contribution in [2.24, 2.45) is 0 Å². The number of aromatic nitrogens is 5. The summed E-state index contributed by atoms with van der Waals surface area (Å²) in [5, 5.41) is 24.7. The van der Waals surface area contributed by atoms with Crippen molar-refractivity contribution in [2.45, 2.75) is 43.4 Å². The third kappa shape index (κ3) is 3.30. The molecule has 0 saturated carbocycles. The van der Waals surface area contributed by atoms with E-state index in [1.165, 1.54) is 12.7 Å². The molecule has 6 rings (SSSR count). The van der Waals surface area contributed by atoms with Gasteiger partial charge in [0.2, 0.25) is 0 Å². The van der Waals surface area contributed by atoms with Crippen molar-refractivity contribution in [2.75, 3.05) is 18.5 Å². The molecule has 11 nitrogen and oxygen atoms in total. The molecular formula is C21H22N6O5. The molecule has 0 aliphatic carbocycles. The topological polar surface area (TPSA) is 141 Å². The molecule has 5 heterocycles. The number of anilines is 1. The van der Waals surface area contributed by atoms with Crippen LogP contribution in [-0.4, -0.2) is 72.3 Å². The van der Waals surface area contributed by atoms with Crippen LogP contribution < -0.4 is 5.32 Å². The normalized spacial score (nSPS) is 28.1. The van der Waals surface area contributed by atoms with E-state index in [1.54, 1.807) is 4.57 Å². The van der Waals surface area contributed by atoms with Gasteiger partial charge < -0.3 is 29.4 Å². The van der Waals surface area contributed by atoms with Gasteiger partial charge in [-0.15, -0.1) is 0 Å². The Morgan fingerprint density at radius 1 is 1.12 bits per heavy atom. The molecular weight excluding hydrogens is 416 g/mol. The molecule has 0 bridgehead atoms. The molecule has 2 aliphatic heterocycles. The summed E-state index contributed by atoms with van der Waals surface area (Å²) in [4.78, 5) is 17.5. The Morgan fingerprint density at radius 2 is 2.03 bits per heavy atom. The van der Waals surface area contributed by atoms with Gasteiger partial charge in [-0.3, -0.25) is 4.57 Å². The number of oxazole rings is 1. The van der Waals surface area contributed by atoms with Gasteiger partial charge in [-0.2, -0.15) is 0 Å². The van der Waals surface area contributed by atoms with Gasteiger partial charge in [0, 0.05) is 6.61 Å². The molecule has 0 unspecified atom stereocenters. The highest BCUT2D eigenvalue weighted by atomic mass is 16.6. The van der Waals surface area contributed by atoms with Crippen LogP contribution in [0.4, 0.5) is 5.82 Å². The molecule has 32 heavy (non-hydrogen) atoms. The highest BCUT2D eigenvalue weighted by Gasteiger charge is 2.45. The second-order valence-corrected chi connectivity index (χ2v) is 8.08. The highest BCUT2D eigenvalue weighted by molar-refractivity contribution is 5.82. The van der Waals surface area contributed by atoms with E-state index in [0.29, 0.717) is 41.7 Å². The molecule has 0 amide bonds. The van der Waals surface area contributed by atoms with Crippen LogP contribution in [0.3, 0.4) is 0 Å². The predicted molar refractivity (Wildman–Crippen MR) is 112 cm³/mol. The average Bonchev–Trinajstić information content (AvgIpc) is 3.58. The van der Waals surface area contributed by atoms with Gasteiger partial charge in [-0.1, -0.05) is 12.1 Å². The Morgan fingerprint density at radius 3 is 2.88 bits per heavy atom. The van der Waals surface area contributed by atoms with E-state index < -0.39 is 24.5 Å². The van der Waals surface area contributed by atoms with Crippen molar-refractivity contribution in [3.8, 4) is 0 Å². The fourth-order valence-corrected chi connectivity index (χ4v) is 4.29. The molecule has 2 aliphatic rings. The van der Waals surface area contributed by atoms with Crippen LogP contribution in [0.5, 0.6) is 0 Å². The molecule has 5 atom stereocenters. The van der Waals surface area contributed by atoms with Crippen molar-refractivity contribution in [1.82, 2.24) is 24.5 Å². The van der Waals surface area contributed by atoms with E-state index in [4.69, 9.17) is 13.9 Å². The zero-order valence-corrected chi connectivity index (χ0v) is 17.0. The lowest BCUT2D eigenvalue weighted by Gasteiger charge is -2.17. The van der Waals surface area contributed by atoms with Gasteiger partial charge in [0.15, 0.2) is 34.7 Å². The second kappa shape index (κ2) is 7.78. The molecule has 166 valence electrons. The number of aliphatic hydroxyl groups excluding tert-OH is 2. The summed E-state index contributed by atoms with van der Waals surface area (Å²) in [6.07, 6.45) is 0.237. The fraction of sp³-hybridized carbons (Fsp3) is 0.429. The number of hydrogen-bond donors (Lipinski definition) is 3. The standard InChI is InChI=1S/C21H22N6O5/c28-17-14(7-15-26-12-3-1-2-4-13(12)31-15)32-21(18(17)29)27-10-24-16-19(22-9-23-20(16)27)25-11-5-6-30-8-11/h1-4,9-11,14,17-18,21,28-29H,5-8H2,(H,22,23,25)/t11-,14+,17-,18-,21-/m1/s1. The minimum absolute atomic E-state index is 0.161. The fourth-order valence-electron chi connectivity index (χ4n) is 4.29. The monoisotopic (exact) mass is 438 g/mol. The number of imidazole rings is 1. The Balaban J connectivity index is 1.25. The minimum Gasteiger partial charge on any atom is -0.441 e. The maximum absolute atomic E-state index is 10.7. The molecule has 3 aromatic heterocycles. The molecule has 2 saturated heterocycles. The number of nitrogens with one attached hydrogen (secondary N) is 1. The van der Waals surface area contributed by atoms with E-state index >= 15 is 0 Å². The Labute approximate surface area is 182 Å². The Hall–Kier alpha value is -3.12. The first-order valence-electron chi connectivity index (χ1n) is 10.6. The summed E-state index contributed by atoms with van der Waals surface area (Å²) in [5.74, 6) is 1.03. The average molecular weight is 438 g/mol. The lowest BCUT2D eigenvalue weighted by atomic mass is 10.1. The van der Waals surface area contributed by atoms with Crippen LogP contribution in [0.1, 0.15) is 18.5 Å². The largest absolute Gasteiger partial charge is 0.441 e. The highest BCUT2D eigenvalue weighted by Crippen LogP contribution is 2.34. The summed E-state index contributed by atoms with van der Waals surface area (Å²) < 4.78 is 18.8. The first-order chi connectivity index (χ1) is 15.7. The molecule has 4 aromatic rings. The number of fused-ring (bicyclic) bond motifs is 2. The lowest BCUT2D eigenvalue weighted by molar-refractivity contribution is -0.0358. The molecule has 0 spiro atoms. The lowest BCUT2D eigenvalue weighted by Crippen LogP contribution is -2.32. The van der Waals surface area contributed by atoms with Gasteiger partial charge in [-0.05, 0) is 18.6 Å². The van der Waals surface area contributed by atoms with E-state index in [0.717, 1.165) is 11.9 Å². The first-order valence-corrected chi connectivity index (χ1v) is 10.6. The van der Waals surface area contributed by atoms with Crippen molar-refractivity contribution < 1.29 is 24.1 Å². The maximum atomic E-state index is 10.7. The van der Waals surface area contributed by atoms with Crippen molar-refractivity contribution in [3.63, 3.8) is 0 Å². The van der Waals surface area contributed by atoms with Gasteiger partial charge >= 0.3 is 0 Å². The van der Waals surface area contributed by atoms with Gasteiger partial charge in [-0.25, -0.2) is 19.9 Å². The van der Waals surface area contributed by atoms with Gasteiger partial charge in [0.05, 0.1) is 31.5 Å². The number of aliphatic hydroxyl groups is 2. The smallest absolute Gasteiger partial charge is 0.198 e. The number of rotatable bonds is 5. The molecule has 2 fully saturated rings. The van der Waals surface area contributed by atoms with Crippen LogP contribution in [0.25, 0.3) is 22.3 Å². The predicted octanol–water partition coefficient (Wildman–Crippen LogP) is 1.03. The van der Waals surface area contributed by atoms with Crippen LogP contribution in [-0.2, 0) is 15.9 Å². The summed E-state index contributed by atoms with van der Waals surface area (Å²) >= 11 is 0. The number of benzene rings is 1. The summed E-state index contributed by atoms with van der Waals surface area (Å²) in [6.45, 7) is 1.32.